The Morgan fingerprint density at radius 1 is 1.18 bits per heavy atom. The van der Waals surface area contributed by atoms with E-state index in [4.69, 9.17) is 14.2 Å². The number of carbonyl (C=O) groups is 2. The van der Waals surface area contributed by atoms with Gasteiger partial charge in [0.15, 0.2) is 11.5 Å². The summed E-state index contributed by atoms with van der Waals surface area (Å²) in [5.41, 5.74) is 1.68. The highest BCUT2D eigenvalue weighted by atomic mass is 16.5. The molecule has 2 aromatic rings. The second-order valence-electron chi connectivity index (χ2n) is 8.57. The molecule has 8 heteroatoms. The number of allylic oxidation sites excluding steroid dienone is 1. The first-order valence-electron chi connectivity index (χ1n) is 11.3. The van der Waals surface area contributed by atoms with Gasteiger partial charge in [0.1, 0.15) is 24.0 Å². The standard InChI is InChI=1S/C26H30N2O6/c1-4-6-17-8-11-22(23(13-17)33-3)34-16-19(29)15-28-24(30)26(27-25(28)31)12-5-7-18-14-20(32-2)9-10-21(18)26/h4,8-11,13-14,19,29H,1,5-7,12,15-16H2,2-3H3,(H,27,31)/t19-,26-/m1/s1. The number of imide groups is 1. The predicted octanol–water partition coefficient (Wildman–Crippen LogP) is 2.96. The van der Waals surface area contributed by atoms with Gasteiger partial charge >= 0.3 is 6.03 Å². The molecule has 2 aromatic carbocycles. The van der Waals surface area contributed by atoms with Crippen LogP contribution in [0, 0.1) is 0 Å². The molecule has 1 fully saturated rings. The van der Waals surface area contributed by atoms with Crippen molar-refractivity contribution in [3.05, 3.63) is 65.7 Å². The van der Waals surface area contributed by atoms with Crippen LogP contribution >= 0.6 is 0 Å². The first-order valence-corrected chi connectivity index (χ1v) is 11.3. The minimum atomic E-state index is -1.11. The summed E-state index contributed by atoms with van der Waals surface area (Å²) >= 11 is 0. The number of rotatable bonds is 9. The van der Waals surface area contributed by atoms with E-state index in [1.54, 1.807) is 32.4 Å². The fraction of sp³-hybridized carbons (Fsp3) is 0.385. The number of β-amino-alcohol motifs (C(OH)–C–C–N with tert-alkyl or cyclic N) is 1. The molecule has 1 aliphatic carbocycles. The Hall–Kier alpha value is -3.52. The monoisotopic (exact) mass is 466 g/mol. The minimum Gasteiger partial charge on any atom is -0.497 e. The Balaban J connectivity index is 1.45. The van der Waals surface area contributed by atoms with Crippen LogP contribution in [0.3, 0.4) is 0 Å². The summed E-state index contributed by atoms with van der Waals surface area (Å²) in [6.07, 6.45) is 3.50. The largest absolute Gasteiger partial charge is 0.497 e. The summed E-state index contributed by atoms with van der Waals surface area (Å²) in [6.45, 7) is 3.46. The van der Waals surface area contributed by atoms with Crippen LogP contribution in [0.1, 0.15) is 29.5 Å². The molecule has 3 amide bonds. The number of methoxy groups -OCH3 is 2. The molecule has 1 spiro atoms. The number of benzene rings is 2. The molecule has 4 rings (SSSR count). The van der Waals surface area contributed by atoms with Gasteiger partial charge in [-0.2, -0.15) is 0 Å². The maximum Gasteiger partial charge on any atom is 0.325 e. The summed E-state index contributed by atoms with van der Waals surface area (Å²) in [5.74, 6) is 1.37. The molecule has 2 aliphatic rings. The molecule has 2 atom stereocenters. The van der Waals surface area contributed by atoms with Crippen molar-refractivity contribution in [2.75, 3.05) is 27.4 Å². The number of urea groups is 1. The van der Waals surface area contributed by atoms with E-state index in [0.717, 1.165) is 34.4 Å². The summed E-state index contributed by atoms with van der Waals surface area (Å²) in [4.78, 5) is 27.3. The number of aryl methyl sites for hydroxylation is 1. The summed E-state index contributed by atoms with van der Waals surface area (Å²) in [7, 11) is 3.14. The van der Waals surface area contributed by atoms with Crippen molar-refractivity contribution >= 4 is 11.9 Å². The molecule has 0 bridgehead atoms. The molecule has 1 heterocycles. The lowest BCUT2D eigenvalue weighted by atomic mass is 9.76. The number of ether oxygens (including phenoxy) is 3. The number of aliphatic hydroxyl groups is 1. The zero-order valence-electron chi connectivity index (χ0n) is 19.5. The average molecular weight is 467 g/mol. The Kier molecular flexibility index (Phi) is 6.79. The van der Waals surface area contributed by atoms with Gasteiger partial charge in [0.25, 0.3) is 5.91 Å². The van der Waals surface area contributed by atoms with E-state index in [1.807, 2.05) is 24.3 Å². The molecule has 2 N–H and O–H groups in total. The molecule has 1 aliphatic heterocycles. The van der Waals surface area contributed by atoms with Gasteiger partial charge in [-0.15, -0.1) is 6.58 Å². The molecular formula is C26H30N2O6. The molecule has 180 valence electrons. The van der Waals surface area contributed by atoms with E-state index < -0.39 is 17.7 Å². The van der Waals surface area contributed by atoms with Crippen LogP contribution < -0.4 is 19.5 Å². The minimum absolute atomic E-state index is 0.102. The number of hydrogen-bond donors (Lipinski definition) is 2. The smallest absolute Gasteiger partial charge is 0.325 e. The number of aliphatic hydroxyl groups excluding tert-OH is 1. The zero-order valence-corrected chi connectivity index (χ0v) is 19.5. The molecule has 1 saturated heterocycles. The van der Waals surface area contributed by atoms with Gasteiger partial charge in [0, 0.05) is 0 Å². The van der Waals surface area contributed by atoms with Crippen molar-refractivity contribution in [1.29, 1.82) is 0 Å². The number of carbonyl (C=O) groups excluding carboxylic acids is 2. The first-order chi connectivity index (χ1) is 16.4. The summed E-state index contributed by atoms with van der Waals surface area (Å²) in [6, 6.07) is 10.5. The van der Waals surface area contributed by atoms with Gasteiger partial charge in [-0.25, -0.2) is 4.79 Å². The highest BCUT2D eigenvalue weighted by Crippen LogP contribution is 2.41. The summed E-state index contributed by atoms with van der Waals surface area (Å²) in [5, 5.41) is 13.5. The lowest BCUT2D eigenvalue weighted by molar-refractivity contribution is -0.133. The van der Waals surface area contributed by atoms with Crippen LogP contribution in [0.15, 0.2) is 49.1 Å². The van der Waals surface area contributed by atoms with E-state index in [0.29, 0.717) is 30.1 Å². The van der Waals surface area contributed by atoms with Gasteiger partial charge < -0.3 is 24.6 Å². The molecule has 0 aromatic heterocycles. The average Bonchev–Trinajstić information content (AvgIpc) is 3.07. The highest BCUT2D eigenvalue weighted by molar-refractivity contribution is 6.07. The maximum atomic E-state index is 13.5. The number of nitrogens with one attached hydrogen (secondary N) is 1. The zero-order chi connectivity index (χ0) is 24.3. The fourth-order valence-electron chi connectivity index (χ4n) is 4.72. The molecule has 0 radical (unpaired) electrons. The highest BCUT2D eigenvalue weighted by Gasteiger charge is 2.54. The van der Waals surface area contributed by atoms with Crippen molar-refractivity contribution in [2.45, 2.75) is 37.3 Å². The van der Waals surface area contributed by atoms with E-state index in [9.17, 15) is 14.7 Å². The SMILES string of the molecule is C=CCc1ccc(OC[C@H](O)CN2C(=O)N[C@@]3(CCCc4cc(OC)ccc43)C2=O)c(OC)c1. The van der Waals surface area contributed by atoms with Crippen molar-refractivity contribution in [1.82, 2.24) is 10.2 Å². The predicted molar refractivity (Wildman–Crippen MR) is 126 cm³/mol. The van der Waals surface area contributed by atoms with E-state index >= 15 is 0 Å². The topological polar surface area (TPSA) is 97.3 Å². The third-order valence-electron chi connectivity index (χ3n) is 6.38. The Morgan fingerprint density at radius 2 is 2.00 bits per heavy atom. The summed E-state index contributed by atoms with van der Waals surface area (Å²) < 4.78 is 16.4. The fourth-order valence-corrected chi connectivity index (χ4v) is 4.72. The second kappa shape index (κ2) is 9.77. The van der Waals surface area contributed by atoms with Crippen LogP contribution in [0.2, 0.25) is 0 Å². The van der Waals surface area contributed by atoms with E-state index in [1.165, 1.54) is 0 Å². The Morgan fingerprint density at radius 3 is 2.74 bits per heavy atom. The normalized spacial score (nSPS) is 20.0. The van der Waals surface area contributed by atoms with Crippen LogP contribution in [0.25, 0.3) is 0 Å². The first kappa shape index (κ1) is 23.6. The Labute approximate surface area is 199 Å². The van der Waals surface area contributed by atoms with E-state index in [-0.39, 0.29) is 19.1 Å². The molecule has 0 unspecified atom stereocenters. The molecular weight excluding hydrogens is 436 g/mol. The van der Waals surface area contributed by atoms with Crippen molar-refractivity contribution in [3.8, 4) is 17.2 Å². The van der Waals surface area contributed by atoms with Gasteiger partial charge in [-0.3, -0.25) is 9.69 Å². The second-order valence-corrected chi connectivity index (χ2v) is 8.57. The van der Waals surface area contributed by atoms with Gasteiger partial charge in [0.2, 0.25) is 0 Å². The molecule has 0 saturated carbocycles. The van der Waals surface area contributed by atoms with Crippen molar-refractivity contribution in [3.63, 3.8) is 0 Å². The molecule has 8 nitrogen and oxygen atoms in total. The third-order valence-corrected chi connectivity index (χ3v) is 6.38. The number of amides is 3. The van der Waals surface area contributed by atoms with Gasteiger partial charge in [-0.05, 0) is 66.6 Å². The van der Waals surface area contributed by atoms with Gasteiger partial charge in [0.05, 0.1) is 20.8 Å². The van der Waals surface area contributed by atoms with Gasteiger partial charge in [-0.1, -0.05) is 18.2 Å². The van der Waals surface area contributed by atoms with Crippen molar-refractivity contribution < 1.29 is 28.9 Å². The maximum absolute atomic E-state index is 13.5. The number of hydrogen-bond acceptors (Lipinski definition) is 6. The third kappa shape index (κ3) is 4.33. The Bertz CT molecular complexity index is 1100. The lowest BCUT2D eigenvalue weighted by Crippen LogP contribution is -2.47. The number of nitrogens with zero attached hydrogens (tertiary/aromatic N) is 1. The van der Waals surface area contributed by atoms with Crippen molar-refractivity contribution in [2.24, 2.45) is 0 Å². The number of fused-ring (bicyclic) bond motifs is 2. The van der Waals surface area contributed by atoms with Crippen LogP contribution in [0.5, 0.6) is 17.2 Å². The van der Waals surface area contributed by atoms with Crippen LogP contribution in [0.4, 0.5) is 4.79 Å². The van der Waals surface area contributed by atoms with E-state index in [2.05, 4.69) is 11.9 Å². The lowest BCUT2D eigenvalue weighted by Gasteiger charge is -2.33. The molecule has 34 heavy (non-hydrogen) atoms. The van der Waals surface area contributed by atoms with Crippen LogP contribution in [-0.4, -0.2) is 55.4 Å². The quantitative estimate of drug-likeness (QED) is 0.436. The van der Waals surface area contributed by atoms with Crippen LogP contribution in [-0.2, 0) is 23.2 Å².